The normalized spacial score (nSPS) is 39.4. The molecule has 0 saturated heterocycles. The van der Waals surface area contributed by atoms with E-state index in [1.807, 2.05) is 0 Å². The first-order chi connectivity index (χ1) is 5.20. The molecule has 11 heavy (non-hydrogen) atoms. The van der Waals surface area contributed by atoms with Gasteiger partial charge in [0.2, 0.25) is 0 Å². The van der Waals surface area contributed by atoms with Crippen LogP contribution in [0.1, 0.15) is 20.3 Å². The van der Waals surface area contributed by atoms with Crippen LogP contribution in [0.25, 0.3) is 0 Å². The zero-order chi connectivity index (χ0) is 8.43. The maximum atomic E-state index is 3.83. The number of rotatable bonds is 3. The average Bonchev–Trinajstić information content (AvgIpc) is 2.02. The number of allylic oxidation sites excluding steroid dienone is 1. The summed E-state index contributed by atoms with van der Waals surface area (Å²) in [6, 6.07) is 0.752. The van der Waals surface area contributed by atoms with Crippen molar-refractivity contribution in [1.82, 2.24) is 5.32 Å². The molecule has 1 saturated carbocycles. The molecular formula is C10H19N. The second-order valence-corrected chi connectivity index (χ2v) is 3.75. The molecule has 0 aliphatic heterocycles. The molecule has 0 aromatic heterocycles. The molecule has 0 bridgehead atoms. The maximum Gasteiger partial charge on any atom is 0.00955 e. The van der Waals surface area contributed by atoms with Gasteiger partial charge >= 0.3 is 0 Å². The fourth-order valence-corrected chi connectivity index (χ4v) is 2.07. The fraction of sp³-hybridized carbons (Fsp3) is 0.800. The highest BCUT2D eigenvalue weighted by Gasteiger charge is 2.38. The van der Waals surface area contributed by atoms with Gasteiger partial charge in [0, 0.05) is 6.04 Å². The van der Waals surface area contributed by atoms with Crippen LogP contribution in [0.3, 0.4) is 0 Å². The van der Waals surface area contributed by atoms with Crippen LogP contribution in [0.5, 0.6) is 0 Å². The zero-order valence-corrected chi connectivity index (χ0v) is 7.80. The Balaban J connectivity index is 2.37. The molecule has 1 aliphatic rings. The molecule has 0 radical (unpaired) electrons. The summed E-state index contributed by atoms with van der Waals surface area (Å²) in [5.41, 5.74) is 0. The van der Waals surface area contributed by atoms with E-state index < -0.39 is 0 Å². The summed E-state index contributed by atoms with van der Waals surface area (Å²) in [6.07, 6.45) is 3.40. The van der Waals surface area contributed by atoms with E-state index in [-0.39, 0.29) is 0 Å². The van der Waals surface area contributed by atoms with Gasteiger partial charge in [0.05, 0.1) is 0 Å². The van der Waals surface area contributed by atoms with Gasteiger partial charge in [-0.2, -0.15) is 0 Å². The van der Waals surface area contributed by atoms with Crippen LogP contribution in [0.2, 0.25) is 0 Å². The minimum atomic E-state index is 0.689. The van der Waals surface area contributed by atoms with Gasteiger partial charge in [-0.3, -0.25) is 0 Å². The van der Waals surface area contributed by atoms with E-state index in [4.69, 9.17) is 0 Å². The standard InChI is InChI=1S/C10H19N/c1-5-7(2)9-6-10(11-4)8(9)3/h5,7-11H,1,6H2,2-4H3/t7?,8?,9?,10-/m0/s1. The summed E-state index contributed by atoms with van der Waals surface area (Å²) in [5.74, 6) is 2.38. The van der Waals surface area contributed by atoms with Crippen molar-refractivity contribution < 1.29 is 0 Å². The van der Waals surface area contributed by atoms with Crippen molar-refractivity contribution in [3.63, 3.8) is 0 Å². The quantitative estimate of drug-likeness (QED) is 0.612. The smallest absolute Gasteiger partial charge is 0.00955 e. The first-order valence-corrected chi connectivity index (χ1v) is 4.50. The molecule has 0 aromatic carbocycles. The third-order valence-electron chi connectivity index (χ3n) is 3.25. The molecule has 4 atom stereocenters. The average molecular weight is 153 g/mol. The summed E-state index contributed by atoms with van der Waals surface area (Å²) < 4.78 is 0. The van der Waals surface area contributed by atoms with Gasteiger partial charge in [-0.1, -0.05) is 19.9 Å². The van der Waals surface area contributed by atoms with Crippen LogP contribution in [-0.4, -0.2) is 13.1 Å². The SMILES string of the molecule is C=CC(C)C1C[C@H](NC)C1C. The first kappa shape index (κ1) is 8.79. The van der Waals surface area contributed by atoms with Crippen molar-refractivity contribution in [1.29, 1.82) is 0 Å². The Morgan fingerprint density at radius 1 is 1.64 bits per heavy atom. The van der Waals surface area contributed by atoms with E-state index in [1.165, 1.54) is 6.42 Å². The van der Waals surface area contributed by atoms with Crippen LogP contribution in [0.4, 0.5) is 0 Å². The molecule has 0 heterocycles. The summed E-state index contributed by atoms with van der Waals surface area (Å²) in [5, 5.41) is 3.33. The van der Waals surface area contributed by atoms with E-state index in [0.717, 1.165) is 17.9 Å². The van der Waals surface area contributed by atoms with E-state index >= 15 is 0 Å². The summed E-state index contributed by atoms with van der Waals surface area (Å²) in [6.45, 7) is 8.42. The maximum absolute atomic E-state index is 3.83. The van der Waals surface area contributed by atoms with Crippen LogP contribution in [0, 0.1) is 17.8 Å². The van der Waals surface area contributed by atoms with E-state index in [0.29, 0.717) is 5.92 Å². The Hall–Kier alpha value is -0.300. The third kappa shape index (κ3) is 1.48. The molecule has 3 unspecified atom stereocenters. The summed E-state index contributed by atoms with van der Waals surface area (Å²) in [7, 11) is 2.05. The predicted molar refractivity (Wildman–Crippen MR) is 49.5 cm³/mol. The lowest BCUT2D eigenvalue weighted by atomic mass is 9.65. The largest absolute Gasteiger partial charge is 0.317 e. The molecular weight excluding hydrogens is 134 g/mol. The molecule has 0 amide bonds. The highest BCUT2D eigenvalue weighted by molar-refractivity contribution is 4.97. The minimum Gasteiger partial charge on any atom is -0.317 e. The van der Waals surface area contributed by atoms with Crippen molar-refractivity contribution in [2.75, 3.05) is 7.05 Å². The number of nitrogens with one attached hydrogen (secondary N) is 1. The van der Waals surface area contributed by atoms with Gasteiger partial charge in [0.15, 0.2) is 0 Å². The Morgan fingerprint density at radius 2 is 2.27 bits per heavy atom. The third-order valence-corrected chi connectivity index (χ3v) is 3.25. The molecule has 1 fully saturated rings. The van der Waals surface area contributed by atoms with Crippen LogP contribution < -0.4 is 5.32 Å². The zero-order valence-electron chi connectivity index (χ0n) is 7.80. The molecule has 1 N–H and O–H groups in total. The Kier molecular flexibility index (Phi) is 2.72. The highest BCUT2D eigenvalue weighted by atomic mass is 14.9. The van der Waals surface area contributed by atoms with Crippen LogP contribution >= 0.6 is 0 Å². The lowest BCUT2D eigenvalue weighted by Gasteiger charge is -2.45. The second kappa shape index (κ2) is 3.40. The van der Waals surface area contributed by atoms with Crippen molar-refractivity contribution in [2.24, 2.45) is 17.8 Å². The summed E-state index contributed by atoms with van der Waals surface area (Å²) >= 11 is 0. The fourth-order valence-electron chi connectivity index (χ4n) is 2.07. The topological polar surface area (TPSA) is 12.0 Å². The van der Waals surface area contributed by atoms with Crippen molar-refractivity contribution in [3.8, 4) is 0 Å². The van der Waals surface area contributed by atoms with E-state index in [1.54, 1.807) is 0 Å². The summed E-state index contributed by atoms with van der Waals surface area (Å²) in [4.78, 5) is 0. The molecule has 64 valence electrons. The molecule has 0 aromatic rings. The lowest BCUT2D eigenvalue weighted by Crippen LogP contribution is -2.49. The monoisotopic (exact) mass is 153 g/mol. The van der Waals surface area contributed by atoms with Gasteiger partial charge in [-0.05, 0) is 31.2 Å². The lowest BCUT2D eigenvalue weighted by molar-refractivity contribution is 0.0959. The van der Waals surface area contributed by atoms with E-state index in [9.17, 15) is 0 Å². The van der Waals surface area contributed by atoms with E-state index in [2.05, 4.69) is 38.9 Å². The van der Waals surface area contributed by atoms with Crippen LogP contribution in [-0.2, 0) is 0 Å². The molecule has 1 aliphatic carbocycles. The molecule has 1 heteroatoms. The van der Waals surface area contributed by atoms with Gasteiger partial charge in [-0.15, -0.1) is 6.58 Å². The van der Waals surface area contributed by atoms with Gasteiger partial charge in [0.1, 0.15) is 0 Å². The molecule has 0 spiro atoms. The predicted octanol–water partition coefficient (Wildman–Crippen LogP) is 2.05. The second-order valence-electron chi connectivity index (χ2n) is 3.75. The number of hydrogen-bond donors (Lipinski definition) is 1. The first-order valence-electron chi connectivity index (χ1n) is 4.50. The Labute approximate surface area is 69.9 Å². The van der Waals surface area contributed by atoms with Gasteiger partial charge < -0.3 is 5.32 Å². The van der Waals surface area contributed by atoms with Crippen molar-refractivity contribution >= 4 is 0 Å². The van der Waals surface area contributed by atoms with Crippen LogP contribution in [0.15, 0.2) is 12.7 Å². The minimum absolute atomic E-state index is 0.689. The Bertz CT molecular complexity index is 142. The Morgan fingerprint density at radius 3 is 2.64 bits per heavy atom. The highest BCUT2D eigenvalue weighted by Crippen LogP contribution is 2.39. The molecule has 1 nitrogen and oxygen atoms in total. The van der Waals surface area contributed by atoms with Crippen molar-refractivity contribution in [3.05, 3.63) is 12.7 Å². The number of hydrogen-bond acceptors (Lipinski definition) is 1. The van der Waals surface area contributed by atoms with Gasteiger partial charge in [-0.25, -0.2) is 0 Å². The van der Waals surface area contributed by atoms with Crippen molar-refractivity contribution in [2.45, 2.75) is 26.3 Å². The molecule has 1 rings (SSSR count). The van der Waals surface area contributed by atoms with Gasteiger partial charge in [0.25, 0.3) is 0 Å².